The number of aliphatic carboxylic acids is 1. The van der Waals surface area contributed by atoms with Crippen molar-refractivity contribution in [1.82, 2.24) is 0 Å². The Morgan fingerprint density at radius 1 is 1.80 bits per heavy atom. The van der Waals surface area contributed by atoms with Crippen molar-refractivity contribution in [3.8, 4) is 0 Å². The van der Waals surface area contributed by atoms with Crippen LogP contribution in [-0.2, 0) is 4.79 Å². The van der Waals surface area contributed by atoms with E-state index in [2.05, 4.69) is 0 Å². The van der Waals surface area contributed by atoms with Gasteiger partial charge >= 0.3 is 5.97 Å². The summed E-state index contributed by atoms with van der Waals surface area (Å²) in [5.74, 6) is -0.926. The molecule has 0 unspecified atom stereocenters. The summed E-state index contributed by atoms with van der Waals surface area (Å²) in [6, 6.07) is -0.712. The minimum atomic E-state index is -0.926. The maximum absolute atomic E-state index is 10.1. The van der Waals surface area contributed by atoms with Crippen LogP contribution in [-0.4, -0.2) is 17.1 Å². The Balaban J connectivity index is 3.39. The SMILES string of the molecule is C/C=C/CC[C@H](N)C(=O)O. The Bertz CT molecular complexity index is 132. The monoisotopic (exact) mass is 143 g/mol. The lowest BCUT2D eigenvalue weighted by molar-refractivity contribution is -0.138. The molecule has 0 amide bonds. The van der Waals surface area contributed by atoms with Crippen molar-refractivity contribution < 1.29 is 9.90 Å². The second-order valence-corrected chi connectivity index (χ2v) is 2.09. The summed E-state index contributed by atoms with van der Waals surface area (Å²) in [4.78, 5) is 10.1. The molecule has 10 heavy (non-hydrogen) atoms. The molecule has 1 atom stereocenters. The minimum absolute atomic E-state index is 0.514. The second kappa shape index (κ2) is 4.99. The van der Waals surface area contributed by atoms with Crippen LogP contribution in [0.15, 0.2) is 12.2 Å². The van der Waals surface area contributed by atoms with Crippen molar-refractivity contribution in [3.63, 3.8) is 0 Å². The normalized spacial score (nSPS) is 13.8. The van der Waals surface area contributed by atoms with Gasteiger partial charge in [-0.15, -0.1) is 0 Å². The molecule has 0 saturated heterocycles. The third kappa shape index (κ3) is 4.09. The van der Waals surface area contributed by atoms with Gasteiger partial charge in [-0.2, -0.15) is 0 Å². The van der Waals surface area contributed by atoms with Crippen molar-refractivity contribution in [2.45, 2.75) is 25.8 Å². The molecule has 0 aromatic heterocycles. The van der Waals surface area contributed by atoms with Gasteiger partial charge in [0.1, 0.15) is 6.04 Å². The van der Waals surface area contributed by atoms with Crippen molar-refractivity contribution in [2.24, 2.45) is 5.73 Å². The van der Waals surface area contributed by atoms with Gasteiger partial charge in [0, 0.05) is 0 Å². The maximum atomic E-state index is 10.1. The predicted molar refractivity (Wildman–Crippen MR) is 39.7 cm³/mol. The smallest absolute Gasteiger partial charge is 0.320 e. The first-order valence-corrected chi connectivity index (χ1v) is 3.28. The van der Waals surface area contributed by atoms with E-state index in [0.29, 0.717) is 6.42 Å². The molecule has 0 aromatic rings. The quantitative estimate of drug-likeness (QED) is 0.571. The van der Waals surface area contributed by atoms with Crippen LogP contribution in [0, 0.1) is 0 Å². The van der Waals surface area contributed by atoms with Gasteiger partial charge in [-0.3, -0.25) is 4.79 Å². The van der Waals surface area contributed by atoms with Crippen LogP contribution in [0.2, 0.25) is 0 Å². The summed E-state index contributed by atoms with van der Waals surface area (Å²) in [6.45, 7) is 1.90. The Labute approximate surface area is 60.5 Å². The molecular weight excluding hydrogens is 130 g/mol. The highest BCUT2D eigenvalue weighted by molar-refractivity contribution is 5.72. The number of hydrogen-bond donors (Lipinski definition) is 2. The number of rotatable bonds is 4. The summed E-state index contributed by atoms with van der Waals surface area (Å²) >= 11 is 0. The van der Waals surface area contributed by atoms with Gasteiger partial charge in [-0.1, -0.05) is 12.2 Å². The molecule has 58 valence electrons. The standard InChI is InChI=1S/C7H13NO2/c1-2-3-4-5-6(8)7(9)10/h2-3,6H,4-5,8H2,1H3,(H,9,10)/b3-2+/t6-/m0/s1. The van der Waals surface area contributed by atoms with E-state index in [4.69, 9.17) is 10.8 Å². The van der Waals surface area contributed by atoms with Crippen LogP contribution in [0.4, 0.5) is 0 Å². The van der Waals surface area contributed by atoms with Crippen LogP contribution in [0.25, 0.3) is 0 Å². The van der Waals surface area contributed by atoms with Crippen molar-refractivity contribution in [2.75, 3.05) is 0 Å². The third-order valence-electron chi connectivity index (χ3n) is 1.20. The Kier molecular flexibility index (Phi) is 4.58. The van der Waals surface area contributed by atoms with Gasteiger partial charge in [0.05, 0.1) is 0 Å². The number of nitrogens with two attached hydrogens (primary N) is 1. The van der Waals surface area contributed by atoms with Gasteiger partial charge in [-0.05, 0) is 19.8 Å². The summed E-state index contributed by atoms with van der Waals surface area (Å²) in [7, 11) is 0. The highest BCUT2D eigenvalue weighted by Crippen LogP contribution is 1.95. The first-order valence-electron chi connectivity index (χ1n) is 3.28. The van der Waals surface area contributed by atoms with Crippen LogP contribution >= 0.6 is 0 Å². The van der Waals surface area contributed by atoms with Crippen molar-refractivity contribution in [1.29, 1.82) is 0 Å². The van der Waals surface area contributed by atoms with E-state index in [1.165, 1.54) is 0 Å². The fourth-order valence-corrected chi connectivity index (χ4v) is 0.566. The first kappa shape index (κ1) is 9.17. The van der Waals surface area contributed by atoms with E-state index in [9.17, 15) is 4.79 Å². The Morgan fingerprint density at radius 3 is 2.80 bits per heavy atom. The second-order valence-electron chi connectivity index (χ2n) is 2.09. The zero-order valence-electron chi connectivity index (χ0n) is 6.08. The number of allylic oxidation sites excluding steroid dienone is 2. The summed E-state index contributed by atoms with van der Waals surface area (Å²) in [5.41, 5.74) is 5.22. The molecule has 0 aliphatic rings. The molecule has 0 fully saturated rings. The fraction of sp³-hybridized carbons (Fsp3) is 0.571. The Hall–Kier alpha value is -0.830. The molecule has 0 aliphatic heterocycles. The van der Waals surface area contributed by atoms with Crippen LogP contribution < -0.4 is 5.73 Å². The zero-order valence-corrected chi connectivity index (χ0v) is 6.08. The molecular formula is C7H13NO2. The highest BCUT2D eigenvalue weighted by Gasteiger charge is 2.08. The molecule has 0 radical (unpaired) electrons. The lowest BCUT2D eigenvalue weighted by Gasteiger charge is -2.01. The van der Waals surface area contributed by atoms with E-state index in [1.54, 1.807) is 0 Å². The van der Waals surface area contributed by atoms with Gasteiger partial charge in [-0.25, -0.2) is 0 Å². The average molecular weight is 143 g/mol. The molecule has 0 bridgehead atoms. The summed E-state index contributed by atoms with van der Waals surface area (Å²) in [6.07, 6.45) is 5.04. The molecule has 3 nitrogen and oxygen atoms in total. The Morgan fingerprint density at radius 2 is 2.40 bits per heavy atom. The van der Waals surface area contributed by atoms with E-state index in [0.717, 1.165) is 6.42 Å². The van der Waals surface area contributed by atoms with Gasteiger partial charge < -0.3 is 10.8 Å². The van der Waals surface area contributed by atoms with E-state index in [-0.39, 0.29) is 0 Å². The predicted octanol–water partition coefficient (Wildman–Crippen LogP) is 0.755. The summed E-state index contributed by atoms with van der Waals surface area (Å²) < 4.78 is 0. The number of carboxylic acids is 1. The van der Waals surface area contributed by atoms with Crippen LogP contribution in [0.3, 0.4) is 0 Å². The molecule has 0 spiro atoms. The fourth-order valence-electron chi connectivity index (χ4n) is 0.566. The van der Waals surface area contributed by atoms with E-state index in [1.807, 2.05) is 19.1 Å². The average Bonchev–Trinajstić information content (AvgIpc) is 1.88. The molecule has 3 N–H and O–H groups in total. The molecule has 0 heterocycles. The lowest BCUT2D eigenvalue weighted by Crippen LogP contribution is -2.29. The van der Waals surface area contributed by atoms with Gasteiger partial charge in [0.2, 0.25) is 0 Å². The minimum Gasteiger partial charge on any atom is -0.480 e. The number of hydrogen-bond acceptors (Lipinski definition) is 2. The van der Waals surface area contributed by atoms with Crippen molar-refractivity contribution in [3.05, 3.63) is 12.2 Å². The maximum Gasteiger partial charge on any atom is 0.320 e. The number of carbonyl (C=O) groups is 1. The van der Waals surface area contributed by atoms with Crippen LogP contribution in [0.5, 0.6) is 0 Å². The van der Waals surface area contributed by atoms with E-state index >= 15 is 0 Å². The molecule has 0 saturated carbocycles. The van der Waals surface area contributed by atoms with Gasteiger partial charge in [0.25, 0.3) is 0 Å². The molecule has 0 aliphatic carbocycles. The molecule has 3 heteroatoms. The molecule has 0 aromatic carbocycles. The zero-order chi connectivity index (χ0) is 7.98. The van der Waals surface area contributed by atoms with Crippen molar-refractivity contribution >= 4 is 5.97 Å². The topological polar surface area (TPSA) is 63.3 Å². The largest absolute Gasteiger partial charge is 0.480 e. The third-order valence-corrected chi connectivity index (χ3v) is 1.20. The lowest BCUT2D eigenvalue weighted by atomic mass is 10.2. The highest BCUT2D eigenvalue weighted by atomic mass is 16.4. The van der Waals surface area contributed by atoms with Gasteiger partial charge in [0.15, 0.2) is 0 Å². The molecule has 0 rings (SSSR count). The number of carboxylic acid groups (broad SMARTS) is 1. The first-order chi connectivity index (χ1) is 4.68. The van der Waals surface area contributed by atoms with Crippen LogP contribution in [0.1, 0.15) is 19.8 Å². The van der Waals surface area contributed by atoms with E-state index < -0.39 is 12.0 Å². The summed E-state index contributed by atoms with van der Waals surface area (Å²) in [5, 5.41) is 8.33.